The Labute approximate surface area is 150 Å². The van der Waals surface area contributed by atoms with Crippen LogP contribution in [0.25, 0.3) is 0 Å². The topological polar surface area (TPSA) is 57.7 Å². The molecule has 0 radical (unpaired) electrons. The van der Waals surface area contributed by atoms with Crippen molar-refractivity contribution in [2.45, 2.75) is 38.6 Å². The maximum Gasteiger partial charge on any atom is 0.334 e. The minimum atomic E-state index is -0.872. The van der Waals surface area contributed by atoms with Crippen molar-refractivity contribution in [2.24, 2.45) is 0 Å². The minimum Gasteiger partial charge on any atom is -0.263 e. The number of halogens is 2. The summed E-state index contributed by atoms with van der Waals surface area (Å²) >= 11 is 5.94. The van der Waals surface area contributed by atoms with Gasteiger partial charge in [0.1, 0.15) is 5.82 Å². The van der Waals surface area contributed by atoms with E-state index in [1.54, 1.807) is 0 Å². The summed E-state index contributed by atoms with van der Waals surface area (Å²) in [6.07, 6.45) is 7.00. The Balaban J connectivity index is 1.69. The van der Waals surface area contributed by atoms with Crippen molar-refractivity contribution in [2.75, 3.05) is 6.54 Å². The van der Waals surface area contributed by atoms with Gasteiger partial charge < -0.3 is 0 Å². The normalized spacial score (nSPS) is 18.2. The van der Waals surface area contributed by atoms with E-state index >= 15 is 0 Å². The molecule has 0 atom stereocenters. The molecular weight excluding hydrogens is 347 g/mol. The monoisotopic (exact) mass is 364 g/mol. The third-order valence-corrected chi connectivity index (χ3v) is 4.87. The van der Waals surface area contributed by atoms with E-state index in [0.29, 0.717) is 12.0 Å². The van der Waals surface area contributed by atoms with Crippen LogP contribution in [0.4, 0.5) is 9.18 Å². The van der Waals surface area contributed by atoms with E-state index in [-0.39, 0.29) is 18.1 Å². The Morgan fingerprint density at radius 2 is 1.84 bits per heavy atom. The number of urea groups is 1. The fraction of sp³-hybridized carbons (Fsp3) is 0.389. The molecule has 0 saturated carbocycles. The van der Waals surface area contributed by atoms with Gasteiger partial charge in [-0.05, 0) is 49.8 Å². The lowest BCUT2D eigenvalue weighted by Crippen LogP contribution is -2.34. The number of hydrogen-bond acceptors (Lipinski definition) is 3. The first kappa shape index (κ1) is 17.6. The van der Waals surface area contributed by atoms with E-state index in [1.807, 2.05) is 0 Å². The molecule has 7 heteroatoms. The van der Waals surface area contributed by atoms with Crippen LogP contribution in [0.3, 0.4) is 0 Å². The summed E-state index contributed by atoms with van der Waals surface area (Å²) in [5.74, 6) is -2.20. The summed E-state index contributed by atoms with van der Waals surface area (Å²) < 4.78 is 13.1. The van der Waals surface area contributed by atoms with Crippen molar-refractivity contribution in [3.05, 3.63) is 46.3 Å². The van der Waals surface area contributed by atoms with Crippen molar-refractivity contribution < 1.29 is 18.8 Å². The van der Waals surface area contributed by atoms with Crippen LogP contribution >= 0.6 is 11.6 Å². The van der Waals surface area contributed by atoms with Crippen LogP contribution in [0.15, 0.2) is 29.8 Å². The van der Waals surface area contributed by atoms with Crippen molar-refractivity contribution >= 4 is 29.4 Å². The second kappa shape index (κ2) is 7.35. The SMILES string of the molecule is O=C1C(=O)N(Cc2ccc(F)cc2Cl)C(=O)N1CCC1=CCCCC1. The molecule has 25 heavy (non-hydrogen) atoms. The Hall–Kier alpha value is -2.21. The first-order chi connectivity index (χ1) is 12.0. The molecule has 3 rings (SSSR count). The minimum absolute atomic E-state index is 0.110. The standard InChI is InChI=1S/C18H18ClFN2O3/c19-15-10-14(20)7-6-13(15)11-22-17(24)16(23)21(18(22)25)9-8-12-4-2-1-3-5-12/h4,6-7,10H,1-3,5,8-9,11H2. The molecule has 5 nitrogen and oxygen atoms in total. The molecular formula is C18H18ClFN2O3. The summed E-state index contributed by atoms with van der Waals surface area (Å²) in [4.78, 5) is 38.6. The Bertz CT molecular complexity index is 763. The highest BCUT2D eigenvalue weighted by Crippen LogP contribution is 2.24. The number of nitrogens with zero attached hydrogens (tertiary/aromatic N) is 2. The van der Waals surface area contributed by atoms with Crippen LogP contribution in [-0.2, 0) is 16.1 Å². The number of benzene rings is 1. The Morgan fingerprint density at radius 3 is 2.52 bits per heavy atom. The zero-order valence-corrected chi connectivity index (χ0v) is 14.4. The molecule has 2 aliphatic rings. The summed E-state index contributed by atoms with van der Waals surface area (Å²) in [5.41, 5.74) is 1.63. The highest BCUT2D eigenvalue weighted by atomic mass is 35.5. The lowest BCUT2D eigenvalue weighted by Gasteiger charge is -2.18. The molecule has 1 saturated heterocycles. The Kier molecular flexibility index (Phi) is 5.18. The van der Waals surface area contributed by atoms with E-state index in [0.717, 1.165) is 41.5 Å². The van der Waals surface area contributed by atoms with E-state index in [2.05, 4.69) is 6.08 Å². The largest absolute Gasteiger partial charge is 0.334 e. The lowest BCUT2D eigenvalue weighted by atomic mass is 9.97. The molecule has 1 aliphatic carbocycles. The molecule has 0 spiro atoms. The summed E-state index contributed by atoms with van der Waals surface area (Å²) in [6, 6.07) is 3.06. The molecule has 1 fully saturated rings. The quantitative estimate of drug-likeness (QED) is 0.455. The van der Waals surface area contributed by atoms with Crippen molar-refractivity contribution in [1.29, 1.82) is 0 Å². The van der Waals surface area contributed by atoms with Crippen LogP contribution in [0.1, 0.15) is 37.7 Å². The zero-order valence-electron chi connectivity index (χ0n) is 13.6. The second-order valence-corrected chi connectivity index (χ2v) is 6.63. The van der Waals surface area contributed by atoms with Crippen LogP contribution < -0.4 is 0 Å². The van der Waals surface area contributed by atoms with E-state index in [9.17, 15) is 18.8 Å². The molecule has 1 aromatic carbocycles. The predicted octanol–water partition coefficient (Wildman–Crippen LogP) is 3.66. The third kappa shape index (κ3) is 3.74. The molecule has 0 aromatic heterocycles. The highest BCUT2D eigenvalue weighted by Gasteiger charge is 2.44. The van der Waals surface area contributed by atoms with Crippen molar-refractivity contribution in [1.82, 2.24) is 9.80 Å². The predicted molar refractivity (Wildman–Crippen MR) is 90.2 cm³/mol. The summed E-state index contributed by atoms with van der Waals surface area (Å²) in [6.45, 7) is 0.0462. The lowest BCUT2D eigenvalue weighted by molar-refractivity contribution is -0.143. The first-order valence-electron chi connectivity index (χ1n) is 8.26. The molecule has 132 valence electrons. The maximum atomic E-state index is 13.1. The highest BCUT2D eigenvalue weighted by molar-refractivity contribution is 6.44. The van der Waals surface area contributed by atoms with Crippen LogP contribution in [0, 0.1) is 5.82 Å². The van der Waals surface area contributed by atoms with Crippen LogP contribution in [0.2, 0.25) is 5.02 Å². The second-order valence-electron chi connectivity index (χ2n) is 6.22. The first-order valence-corrected chi connectivity index (χ1v) is 8.64. The van der Waals surface area contributed by atoms with Gasteiger partial charge in [0.2, 0.25) is 0 Å². The van der Waals surface area contributed by atoms with Crippen LogP contribution in [0.5, 0.6) is 0 Å². The average molecular weight is 365 g/mol. The molecule has 4 amide bonds. The van der Waals surface area contributed by atoms with Gasteiger partial charge in [0.25, 0.3) is 0 Å². The number of hydrogen-bond donors (Lipinski definition) is 0. The van der Waals surface area contributed by atoms with Crippen molar-refractivity contribution in [3.8, 4) is 0 Å². The molecule has 0 N–H and O–H groups in total. The van der Waals surface area contributed by atoms with Crippen molar-refractivity contribution in [3.63, 3.8) is 0 Å². The van der Waals surface area contributed by atoms with Gasteiger partial charge in [0.05, 0.1) is 6.54 Å². The number of carbonyl (C=O) groups excluding carboxylic acids is 3. The summed E-state index contributed by atoms with van der Waals surface area (Å²) in [7, 11) is 0. The molecule has 1 aliphatic heterocycles. The van der Waals surface area contributed by atoms with Gasteiger partial charge >= 0.3 is 17.8 Å². The number of rotatable bonds is 5. The Morgan fingerprint density at radius 1 is 1.08 bits per heavy atom. The molecule has 1 heterocycles. The number of allylic oxidation sites excluding steroid dienone is 1. The molecule has 0 unspecified atom stereocenters. The van der Waals surface area contributed by atoms with Gasteiger partial charge in [-0.3, -0.25) is 19.4 Å². The zero-order chi connectivity index (χ0) is 18.0. The van der Waals surface area contributed by atoms with E-state index in [1.165, 1.54) is 17.7 Å². The van der Waals surface area contributed by atoms with Gasteiger partial charge in [-0.25, -0.2) is 9.18 Å². The number of imide groups is 2. The third-order valence-electron chi connectivity index (χ3n) is 4.52. The fourth-order valence-electron chi connectivity index (χ4n) is 3.09. The van der Waals surface area contributed by atoms with Gasteiger partial charge in [0, 0.05) is 11.6 Å². The molecule has 1 aromatic rings. The van der Waals surface area contributed by atoms with Gasteiger partial charge in [-0.2, -0.15) is 0 Å². The maximum absolute atomic E-state index is 13.1. The van der Waals surface area contributed by atoms with Gasteiger partial charge in [0.15, 0.2) is 0 Å². The average Bonchev–Trinajstić information content (AvgIpc) is 2.80. The molecule has 0 bridgehead atoms. The van der Waals surface area contributed by atoms with Gasteiger partial charge in [-0.15, -0.1) is 0 Å². The number of carbonyl (C=O) groups is 3. The van der Waals surface area contributed by atoms with E-state index in [4.69, 9.17) is 11.6 Å². The van der Waals surface area contributed by atoms with E-state index < -0.39 is 23.7 Å². The van der Waals surface area contributed by atoms with Gasteiger partial charge in [-0.1, -0.05) is 29.3 Å². The fourth-order valence-corrected chi connectivity index (χ4v) is 3.32. The smallest absolute Gasteiger partial charge is 0.263 e. The summed E-state index contributed by atoms with van der Waals surface area (Å²) in [5, 5.41) is 0.110. The number of amides is 4. The van der Waals surface area contributed by atoms with Crippen LogP contribution in [-0.4, -0.2) is 34.2 Å².